The minimum Gasteiger partial charge on any atom is -0.462 e. The zero-order chi connectivity index (χ0) is 51.0. The number of aliphatic hydroxyl groups excluding tert-OH is 7. The topological polar surface area (TPSA) is 231 Å². The molecule has 11 atom stereocenters. The molecule has 0 aromatic carbocycles. The molecule has 2 heterocycles. The largest absolute Gasteiger partial charge is 0.462 e. The maximum absolute atomic E-state index is 13.0. The van der Waals surface area contributed by atoms with E-state index in [0.29, 0.717) is 12.8 Å². The van der Waals surface area contributed by atoms with Crippen molar-refractivity contribution in [1.29, 1.82) is 0 Å². The Labute approximate surface area is 421 Å². The Kier molecular flexibility index (Phi) is 38.4. The molecule has 0 saturated carbocycles. The first-order valence-corrected chi connectivity index (χ1v) is 27.6. The van der Waals surface area contributed by atoms with Gasteiger partial charge in [-0.3, -0.25) is 9.59 Å². The van der Waals surface area contributed by atoms with Crippen LogP contribution in [0.3, 0.4) is 0 Å². The third kappa shape index (κ3) is 29.4. The molecule has 408 valence electrons. The maximum Gasteiger partial charge on any atom is 0.306 e. The van der Waals surface area contributed by atoms with E-state index in [-0.39, 0.29) is 26.1 Å². The molecule has 70 heavy (non-hydrogen) atoms. The highest BCUT2D eigenvalue weighted by molar-refractivity contribution is 5.70. The number of ether oxygens (including phenoxy) is 6. The van der Waals surface area contributed by atoms with Gasteiger partial charge >= 0.3 is 11.9 Å². The van der Waals surface area contributed by atoms with Gasteiger partial charge in [0.2, 0.25) is 0 Å². The molecule has 4 unspecified atom stereocenters. The van der Waals surface area contributed by atoms with Crippen LogP contribution in [0.1, 0.15) is 206 Å². The van der Waals surface area contributed by atoms with E-state index in [2.05, 4.69) is 50.3 Å². The summed E-state index contributed by atoms with van der Waals surface area (Å²) < 4.78 is 33.6. The van der Waals surface area contributed by atoms with Crippen molar-refractivity contribution in [2.45, 2.75) is 274 Å². The van der Waals surface area contributed by atoms with Gasteiger partial charge < -0.3 is 64.2 Å². The normalized spacial score (nSPS) is 25.6. The van der Waals surface area contributed by atoms with E-state index < -0.39 is 92.7 Å². The van der Waals surface area contributed by atoms with Gasteiger partial charge in [0, 0.05) is 12.8 Å². The molecule has 0 aliphatic carbocycles. The molecule has 0 radical (unpaired) electrons. The second-order valence-corrected chi connectivity index (χ2v) is 19.4. The number of carbonyl (C=O) groups is 2. The summed E-state index contributed by atoms with van der Waals surface area (Å²) in [4.78, 5) is 25.8. The number of hydrogen-bond acceptors (Lipinski definition) is 15. The summed E-state index contributed by atoms with van der Waals surface area (Å²) in [6, 6.07) is 0. The van der Waals surface area contributed by atoms with Gasteiger partial charge in [0.1, 0.15) is 55.4 Å². The highest BCUT2D eigenvalue weighted by Gasteiger charge is 2.47. The fourth-order valence-electron chi connectivity index (χ4n) is 8.56. The van der Waals surface area contributed by atoms with Crippen molar-refractivity contribution >= 4 is 11.9 Å². The van der Waals surface area contributed by atoms with Gasteiger partial charge in [0.25, 0.3) is 0 Å². The van der Waals surface area contributed by atoms with Crippen molar-refractivity contribution in [2.24, 2.45) is 0 Å². The van der Waals surface area contributed by atoms with Crippen LogP contribution in [0.2, 0.25) is 0 Å². The average molecular weight is 999 g/mol. The number of rotatable bonds is 43. The van der Waals surface area contributed by atoms with Gasteiger partial charge in [0.15, 0.2) is 18.7 Å². The Morgan fingerprint density at radius 3 is 1.36 bits per heavy atom. The van der Waals surface area contributed by atoms with Crippen LogP contribution in [0.25, 0.3) is 0 Å². The SMILES string of the molecule is CCCCCC/C=C/C=C/CCCCCCCC(=O)O[C@@H](COC(=O)CCCCCCCCCCC/C=C/CCCCCCCC)CO[C@@H]1O[C@H](CO[C@@H]2O[C@H](CO)[C@H](O)C(O)C2O)[C@H](O)C(O)C1O. The highest BCUT2D eigenvalue weighted by atomic mass is 16.7. The monoisotopic (exact) mass is 999 g/mol. The molecule has 0 spiro atoms. The van der Waals surface area contributed by atoms with Gasteiger partial charge in [-0.05, 0) is 64.2 Å². The molecule has 2 fully saturated rings. The minimum atomic E-state index is -1.77. The molecule has 0 aromatic heterocycles. The zero-order valence-corrected chi connectivity index (χ0v) is 43.3. The molecular weight excluding hydrogens is 901 g/mol. The van der Waals surface area contributed by atoms with E-state index in [1.807, 2.05) is 0 Å². The van der Waals surface area contributed by atoms with Crippen molar-refractivity contribution in [3.63, 3.8) is 0 Å². The zero-order valence-electron chi connectivity index (χ0n) is 43.3. The number of unbranched alkanes of at least 4 members (excludes halogenated alkanes) is 24. The van der Waals surface area contributed by atoms with Gasteiger partial charge in [-0.2, -0.15) is 0 Å². The first-order valence-electron chi connectivity index (χ1n) is 27.6. The molecular formula is C55H98O15. The molecule has 2 rings (SSSR count). The number of hydrogen-bond donors (Lipinski definition) is 7. The maximum atomic E-state index is 13.0. The predicted molar refractivity (Wildman–Crippen MR) is 270 cm³/mol. The smallest absolute Gasteiger partial charge is 0.306 e. The first kappa shape index (κ1) is 63.8. The van der Waals surface area contributed by atoms with Crippen molar-refractivity contribution < 1.29 is 73.8 Å². The van der Waals surface area contributed by atoms with E-state index in [1.165, 1.54) is 109 Å². The Balaban J connectivity index is 1.78. The third-order valence-corrected chi connectivity index (χ3v) is 13.1. The van der Waals surface area contributed by atoms with Crippen LogP contribution in [0.5, 0.6) is 0 Å². The summed E-state index contributed by atoms with van der Waals surface area (Å²) in [5, 5.41) is 72.2. The number of allylic oxidation sites excluding steroid dienone is 6. The van der Waals surface area contributed by atoms with Gasteiger partial charge in [-0.25, -0.2) is 0 Å². The lowest BCUT2D eigenvalue weighted by atomic mass is 9.98. The second-order valence-electron chi connectivity index (χ2n) is 19.4. The van der Waals surface area contributed by atoms with Crippen molar-refractivity contribution in [1.82, 2.24) is 0 Å². The number of carbonyl (C=O) groups excluding carboxylic acids is 2. The van der Waals surface area contributed by atoms with Crippen LogP contribution in [0.4, 0.5) is 0 Å². The second kappa shape index (κ2) is 42.1. The fourth-order valence-corrected chi connectivity index (χ4v) is 8.56. The van der Waals surface area contributed by atoms with Gasteiger partial charge in [0.05, 0.1) is 19.8 Å². The molecule has 2 aliphatic rings. The van der Waals surface area contributed by atoms with Crippen LogP contribution in [0.15, 0.2) is 36.5 Å². The van der Waals surface area contributed by atoms with E-state index in [1.54, 1.807) is 0 Å². The van der Waals surface area contributed by atoms with Gasteiger partial charge in [-0.15, -0.1) is 0 Å². The first-order chi connectivity index (χ1) is 34.0. The van der Waals surface area contributed by atoms with Crippen LogP contribution in [-0.4, -0.2) is 142 Å². The number of esters is 2. The molecule has 15 heteroatoms. The lowest BCUT2D eigenvalue weighted by Crippen LogP contribution is -2.61. The molecule has 2 saturated heterocycles. The Morgan fingerprint density at radius 2 is 0.857 bits per heavy atom. The summed E-state index contributed by atoms with van der Waals surface area (Å²) in [5.74, 6) is -0.940. The van der Waals surface area contributed by atoms with Crippen LogP contribution < -0.4 is 0 Å². The van der Waals surface area contributed by atoms with Crippen molar-refractivity contribution in [2.75, 3.05) is 26.4 Å². The van der Waals surface area contributed by atoms with E-state index in [4.69, 9.17) is 28.4 Å². The molecule has 0 amide bonds. The Morgan fingerprint density at radius 1 is 0.457 bits per heavy atom. The average Bonchev–Trinajstić information content (AvgIpc) is 3.35. The predicted octanol–water partition coefficient (Wildman–Crippen LogP) is 8.49. The lowest BCUT2D eigenvalue weighted by Gasteiger charge is -2.42. The minimum absolute atomic E-state index is 0.148. The summed E-state index contributed by atoms with van der Waals surface area (Å²) >= 11 is 0. The Bertz CT molecular complexity index is 1360. The summed E-state index contributed by atoms with van der Waals surface area (Å²) in [6.45, 7) is 2.56. The van der Waals surface area contributed by atoms with E-state index in [0.717, 1.165) is 57.8 Å². The molecule has 15 nitrogen and oxygen atoms in total. The van der Waals surface area contributed by atoms with E-state index in [9.17, 15) is 45.3 Å². The van der Waals surface area contributed by atoms with Crippen molar-refractivity contribution in [3.05, 3.63) is 36.5 Å². The van der Waals surface area contributed by atoms with Crippen molar-refractivity contribution in [3.8, 4) is 0 Å². The molecule has 0 bridgehead atoms. The molecule has 7 N–H and O–H groups in total. The lowest BCUT2D eigenvalue weighted by molar-refractivity contribution is -0.332. The van der Waals surface area contributed by atoms with Crippen LogP contribution >= 0.6 is 0 Å². The van der Waals surface area contributed by atoms with E-state index >= 15 is 0 Å². The number of aliphatic hydroxyl groups is 7. The standard InChI is InChI=1S/C55H98O15/c1-3-5-7-9-11-13-15-17-19-20-21-22-24-25-27-29-31-33-35-37-46(57)65-40-43(68-47(58)38-36-34-32-30-28-26-23-18-16-14-12-10-8-6-4-2)41-66-54-53(64)51(62)49(60)45(70-54)42-67-55-52(63)50(61)48(59)44(39-56)69-55/h14,16-19,23,43-45,48-56,59-64H,3-13,15,20-22,24-42H2,1-2H3/b16-14+,19-17+,23-18+/t43-,44+,45+,48-,49-,50?,51?,52?,53?,54+,55+/m0/s1. The summed E-state index contributed by atoms with van der Waals surface area (Å²) in [7, 11) is 0. The van der Waals surface area contributed by atoms with Gasteiger partial charge in [-0.1, -0.05) is 166 Å². The summed E-state index contributed by atoms with van der Waals surface area (Å²) in [6.07, 6.45) is 28.8. The highest BCUT2D eigenvalue weighted by Crippen LogP contribution is 2.26. The summed E-state index contributed by atoms with van der Waals surface area (Å²) in [5.41, 5.74) is 0. The molecule has 0 aromatic rings. The van der Waals surface area contributed by atoms with Crippen LogP contribution in [-0.2, 0) is 38.0 Å². The molecule has 2 aliphatic heterocycles. The quantitative estimate of drug-likeness (QED) is 0.0131. The third-order valence-electron chi connectivity index (χ3n) is 13.1. The Hall–Kier alpha value is -2.28. The fraction of sp³-hybridized carbons (Fsp3) is 0.855. The van der Waals surface area contributed by atoms with Crippen LogP contribution in [0, 0.1) is 0 Å².